The third kappa shape index (κ3) is 4.43. The van der Waals surface area contributed by atoms with Crippen LogP contribution in [-0.2, 0) is 11.3 Å². The van der Waals surface area contributed by atoms with Crippen LogP contribution in [0.15, 0.2) is 54.6 Å². The Kier molecular flexibility index (Phi) is 5.81. The molecule has 0 radical (unpaired) electrons. The van der Waals surface area contributed by atoms with Crippen LogP contribution in [0.3, 0.4) is 0 Å². The fraction of sp³-hybridized carbons (Fsp3) is 0.391. The second-order valence-electron chi connectivity index (χ2n) is 8.06. The van der Waals surface area contributed by atoms with Crippen molar-refractivity contribution in [2.24, 2.45) is 11.3 Å². The third-order valence-corrected chi connectivity index (χ3v) is 6.16. The summed E-state index contributed by atoms with van der Waals surface area (Å²) in [5, 5.41) is 12.2. The summed E-state index contributed by atoms with van der Waals surface area (Å²) < 4.78 is 0. The van der Waals surface area contributed by atoms with E-state index in [1.54, 1.807) is 0 Å². The lowest BCUT2D eigenvalue weighted by Gasteiger charge is -2.37. The molecule has 1 aliphatic heterocycles. The largest absolute Gasteiger partial charge is 0.351 e. The van der Waals surface area contributed by atoms with E-state index in [1.165, 1.54) is 6.42 Å². The maximum Gasteiger partial charge on any atom is 0.323 e. The Labute approximate surface area is 171 Å². The van der Waals surface area contributed by atoms with Crippen molar-refractivity contribution in [2.45, 2.75) is 32.2 Å². The SMILES string of the molecule is O=C(Nc1ccccc1)Nc1cccc(CNC(=O)[C@@]23CCCC[C@H]2CNC3)c1. The third-order valence-electron chi connectivity index (χ3n) is 6.16. The van der Waals surface area contributed by atoms with Gasteiger partial charge in [0.1, 0.15) is 0 Å². The van der Waals surface area contributed by atoms with Gasteiger partial charge in [0.2, 0.25) is 5.91 Å². The second-order valence-corrected chi connectivity index (χ2v) is 8.06. The highest BCUT2D eigenvalue weighted by molar-refractivity contribution is 5.99. The number of carbonyl (C=O) groups is 2. The second kappa shape index (κ2) is 8.66. The average Bonchev–Trinajstić information content (AvgIpc) is 3.18. The quantitative estimate of drug-likeness (QED) is 0.626. The lowest BCUT2D eigenvalue weighted by molar-refractivity contribution is -0.134. The maximum atomic E-state index is 13.0. The number of carbonyl (C=O) groups excluding carboxylic acids is 2. The first kappa shape index (κ1) is 19.5. The van der Waals surface area contributed by atoms with Crippen LogP contribution in [0.2, 0.25) is 0 Å². The lowest BCUT2D eigenvalue weighted by Crippen LogP contribution is -2.47. The topological polar surface area (TPSA) is 82.3 Å². The van der Waals surface area contributed by atoms with Gasteiger partial charge >= 0.3 is 6.03 Å². The van der Waals surface area contributed by atoms with E-state index in [0.29, 0.717) is 18.2 Å². The number of nitrogens with one attached hydrogen (secondary N) is 4. The van der Waals surface area contributed by atoms with Crippen LogP contribution in [0, 0.1) is 11.3 Å². The van der Waals surface area contributed by atoms with Gasteiger partial charge in [-0.05, 0) is 55.1 Å². The van der Waals surface area contributed by atoms with Crippen molar-refractivity contribution < 1.29 is 9.59 Å². The number of hydrogen-bond donors (Lipinski definition) is 4. The molecule has 1 aliphatic carbocycles. The zero-order valence-corrected chi connectivity index (χ0v) is 16.5. The van der Waals surface area contributed by atoms with Crippen molar-refractivity contribution in [1.82, 2.24) is 10.6 Å². The van der Waals surface area contributed by atoms with Crippen LogP contribution in [0.5, 0.6) is 0 Å². The van der Waals surface area contributed by atoms with Gasteiger partial charge in [-0.1, -0.05) is 43.2 Å². The molecule has 6 heteroatoms. The molecule has 2 aliphatic rings. The van der Waals surface area contributed by atoms with Crippen molar-refractivity contribution in [3.8, 4) is 0 Å². The number of para-hydroxylation sites is 1. The van der Waals surface area contributed by atoms with Gasteiger partial charge in [0.25, 0.3) is 0 Å². The van der Waals surface area contributed by atoms with Gasteiger partial charge in [-0.15, -0.1) is 0 Å². The van der Waals surface area contributed by atoms with Crippen LogP contribution in [0.4, 0.5) is 16.2 Å². The summed E-state index contributed by atoms with van der Waals surface area (Å²) in [6, 6.07) is 16.6. The van der Waals surface area contributed by atoms with E-state index in [-0.39, 0.29) is 17.4 Å². The zero-order valence-electron chi connectivity index (χ0n) is 16.5. The first-order valence-corrected chi connectivity index (χ1v) is 10.4. The molecule has 0 unspecified atom stereocenters. The number of urea groups is 1. The fourth-order valence-corrected chi connectivity index (χ4v) is 4.62. The molecular formula is C23H28N4O2. The van der Waals surface area contributed by atoms with Gasteiger partial charge in [-0.2, -0.15) is 0 Å². The summed E-state index contributed by atoms with van der Waals surface area (Å²) in [5.41, 5.74) is 2.15. The zero-order chi connectivity index (χ0) is 20.1. The highest BCUT2D eigenvalue weighted by Gasteiger charge is 2.49. The Hall–Kier alpha value is -2.86. The van der Waals surface area contributed by atoms with E-state index in [4.69, 9.17) is 0 Å². The van der Waals surface area contributed by atoms with Gasteiger partial charge in [0, 0.05) is 24.5 Å². The van der Waals surface area contributed by atoms with E-state index in [9.17, 15) is 9.59 Å². The standard InChI is InChI=1S/C23H28N4O2/c28-21(23-12-5-4-8-18(23)15-24-16-23)25-14-17-7-6-11-20(13-17)27-22(29)26-19-9-2-1-3-10-19/h1-3,6-7,9-11,13,18,24H,4-5,8,12,14-16H2,(H,25,28)(H2,26,27,29)/t18-,23+/m0/s1. The summed E-state index contributed by atoms with van der Waals surface area (Å²) >= 11 is 0. The van der Waals surface area contributed by atoms with Gasteiger partial charge in [0.15, 0.2) is 0 Å². The molecule has 0 bridgehead atoms. The summed E-state index contributed by atoms with van der Waals surface area (Å²) in [6.07, 6.45) is 4.45. The molecule has 2 fully saturated rings. The normalized spacial score (nSPS) is 23.1. The Morgan fingerprint density at radius 1 is 1.00 bits per heavy atom. The van der Waals surface area contributed by atoms with Crippen LogP contribution >= 0.6 is 0 Å². The van der Waals surface area contributed by atoms with E-state index >= 15 is 0 Å². The molecule has 1 saturated heterocycles. The van der Waals surface area contributed by atoms with Crippen molar-refractivity contribution in [3.05, 3.63) is 60.2 Å². The monoisotopic (exact) mass is 392 g/mol. The number of benzene rings is 2. The maximum absolute atomic E-state index is 13.0. The number of amides is 3. The van der Waals surface area contributed by atoms with Crippen molar-refractivity contribution in [2.75, 3.05) is 23.7 Å². The lowest BCUT2D eigenvalue weighted by atomic mass is 9.67. The van der Waals surface area contributed by atoms with Crippen LogP contribution < -0.4 is 21.3 Å². The highest BCUT2D eigenvalue weighted by Crippen LogP contribution is 2.43. The van der Waals surface area contributed by atoms with Gasteiger partial charge in [-0.25, -0.2) is 4.79 Å². The Balaban J connectivity index is 1.34. The minimum Gasteiger partial charge on any atom is -0.351 e. The average molecular weight is 393 g/mol. The number of anilines is 2. The molecule has 2 atom stereocenters. The number of fused-ring (bicyclic) bond motifs is 1. The van der Waals surface area contributed by atoms with Gasteiger partial charge < -0.3 is 21.3 Å². The summed E-state index contributed by atoms with van der Waals surface area (Å²) in [5.74, 6) is 0.610. The van der Waals surface area contributed by atoms with Crippen molar-refractivity contribution in [3.63, 3.8) is 0 Å². The molecule has 3 amide bonds. The molecular weight excluding hydrogens is 364 g/mol. The van der Waals surface area contributed by atoms with Crippen molar-refractivity contribution in [1.29, 1.82) is 0 Å². The fourth-order valence-electron chi connectivity index (χ4n) is 4.62. The smallest absolute Gasteiger partial charge is 0.323 e. The summed E-state index contributed by atoms with van der Waals surface area (Å²) in [6.45, 7) is 2.19. The van der Waals surface area contributed by atoms with E-state index < -0.39 is 0 Å². The Morgan fingerprint density at radius 3 is 2.66 bits per heavy atom. The molecule has 4 N–H and O–H groups in total. The molecule has 2 aromatic rings. The molecule has 152 valence electrons. The van der Waals surface area contributed by atoms with Gasteiger partial charge in [0.05, 0.1) is 5.41 Å². The molecule has 29 heavy (non-hydrogen) atoms. The van der Waals surface area contributed by atoms with Crippen molar-refractivity contribution >= 4 is 23.3 Å². The molecule has 1 saturated carbocycles. The molecule has 0 spiro atoms. The summed E-state index contributed by atoms with van der Waals surface area (Å²) in [7, 11) is 0. The van der Waals surface area contributed by atoms with Crippen LogP contribution in [0.1, 0.15) is 31.2 Å². The Bertz CT molecular complexity index is 870. The predicted molar refractivity (Wildman–Crippen MR) is 115 cm³/mol. The summed E-state index contributed by atoms with van der Waals surface area (Å²) in [4.78, 5) is 25.2. The molecule has 6 nitrogen and oxygen atoms in total. The molecule has 1 heterocycles. The van der Waals surface area contributed by atoms with E-state index in [0.717, 1.165) is 43.6 Å². The molecule has 0 aromatic heterocycles. The van der Waals surface area contributed by atoms with Gasteiger partial charge in [-0.3, -0.25) is 4.79 Å². The van der Waals surface area contributed by atoms with E-state index in [1.807, 2.05) is 54.6 Å². The first-order chi connectivity index (χ1) is 14.2. The molecule has 4 rings (SSSR count). The highest BCUT2D eigenvalue weighted by atomic mass is 16.2. The molecule has 2 aromatic carbocycles. The number of hydrogen-bond acceptors (Lipinski definition) is 3. The van der Waals surface area contributed by atoms with E-state index in [2.05, 4.69) is 21.3 Å². The number of rotatable bonds is 5. The minimum atomic E-state index is -0.293. The van der Waals surface area contributed by atoms with Crippen LogP contribution in [0.25, 0.3) is 0 Å². The van der Waals surface area contributed by atoms with Crippen LogP contribution in [-0.4, -0.2) is 25.0 Å². The first-order valence-electron chi connectivity index (χ1n) is 10.4. The minimum absolute atomic E-state index is 0.160. The Morgan fingerprint density at radius 2 is 1.79 bits per heavy atom. The predicted octanol–water partition coefficient (Wildman–Crippen LogP) is 3.73.